The largest absolute Gasteiger partial charge is 0.416 e. The van der Waals surface area contributed by atoms with Crippen molar-refractivity contribution in [1.29, 1.82) is 0 Å². The zero-order valence-corrected chi connectivity index (χ0v) is 21.2. The summed E-state index contributed by atoms with van der Waals surface area (Å²) < 4.78 is 100. The molecule has 0 N–H and O–H groups in total. The fourth-order valence-corrected chi connectivity index (χ4v) is 6.27. The summed E-state index contributed by atoms with van der Waals surface area (Å²) in [7, 11) is 0. The van der Waals surface area contributed by atoms with Crippen LogP contribution in [0.3, 0.4) is 0 Å². The van der Waals surface area contributed by atoms with Gasteiger partial charge in [0, 0.05) is 25.0 Å². The lowest BCUT2D eigenvalue weighted by molar-refractivity contribution is -0.143. The monoisotopic (exact) mass is 558 g/mol. The number of carbonyl (C=O) groups excluding carboxylic acids is 1. The number of nitrogens with zero attached hydrogens (tertiary/aromatic N) is 2. The van der Waals surface area contributed by atoms with E-state index in [9.17, 15) is 35.5 Å². The van der Waals surface area contributed by atoms with Gasteiger partial charge in [0.25, 0.3) is 0 Å². The van der Waals surface area contributed by atoms with Crippen molar-refractivity contribution in [3.8, 4) is 0 Å². The molecule has 11 heteroatoms. The highest BCUT2D eigenvalue weighted by Gasteiger charge is 2.53. The number of rotatable bonds is 6. The van der Waals surface area contributed by atoms with Gasteiger partial charge < -0.3 is 14.5 Å². The number of ether oxygens (including phenoxy) is 1. The first kappa shape index (κ1) is 27.9. The summed E-state index contributed by atoms with van der Waals surface area (Å²) in [5.41, 5.74) is -2.38. The smallest absolute Gasteiger partial charge is 0.368 e. The molecule has 0 aliphatic carbocycles. The Bertz CT molecular complexity index is 1160. The number of hydrogen-bond acceptors (Lipinski definition) is 3. The first-order valence-electron chi connectivity index (χ1n) is 13.0. The number of halogens is 7. The second-order valence-corrected chi connectivity index (χ2v) is 10.7. The zero-order chi connectivity index (χ0) is 28.1. The lowest BCUT2D eigenvalue weighted by Gasteiger charge is -2.28. The maximum Gasteiger partial charge on any atom is 0.416 e. The third-order valence-corrected chi connectivity index (χ3v) is 8.14. The third-order valence-electron chi connectivity index (χ3n) is 8.14. The Morgan fingerprint density at radius 1 is 0.949 bits per heavy atom. The normalized spacial score (nSPS) is 26.9. The summed E-state index contributed by atoms with van der Waals surface area (Å²) in [5.74, 6) is -1.09. The minimum Gasteiger partial charge on any atom is -0.368 e. The van der Waals surface area contributed by atoms with Crippen molar-refractivity contribution < 1.29 is 40.3 Å². The SMILES string of the molecule is C[C@@H](O[C@H]1CN2C(=O)C(CN3CCCC3)C[C@H]2C1c1ccc(F)cc1)c1cc(C(F)(F)F)cc(C(F)(F)F)c1. The van der Waals surface area contributed by atoms with Crippen molar-refractivity contribution in [3.05, 3.63) is 70.5 Å². The molecule has 4 nitrogen and oxygen atoms in total. The molecule has 2 unspecified atom stereocenters. The number of amides is 1. The molecule has 39 heavy (non-hydrogen) atoms. The topological polar surface area (TPSA) is 32.8 Å². The highest BCUT2D eigenvalue weighted by molar-refractivity contribution is 5.82. The molecule has 3 aliphatic rings. The van der Waals surface area contributed by atoms with Gasteiger partial charge in [-0.05, 0) is 80.7 Å². The molecule has 3 saturated heterocycles. The second-order valence-electron chi connectivity index (χ2n) is 10.7. The van der Waals surface area contributed by atoms with Gasteiger partial charge in [0.2, 0.25) is 5.91 Å². The number of alkyl halides is 6. The predicted octanol–water partition coefficient (Wildman–Crippen LogP) is 6.42. The molecule has 5 atom stereocenters. The molecule has 212 valence electrons. The molecule has 2 aromatic rings. The zero-order valence-electron chi connectivity index (χ0n) is 21.2. The van der Waals surface area contributed by atoms with Gasteiger partial charge in [-0.15, -0.1) is 0 Å². The molecule has 0 bridgehead atoms. The van der Waals surface area contributed by atoms with E-state index in [1.54, 1.807) is 17.0 Å². The number of fused-ring (bicyclic) bond motifs is 1. The molecule has 3 heterocycles. The molecular weight excluding hydrogens is 529 g/mol. The van der Waals surface area contributed by atoms with E-state index in [0.717, 1.165) is 25.9 Å². The van der Waals surface area contributed by atoms with Crippen LogP contribution < -0.4 is 0 Å². The molecule has 3 aliphatic heterocycles. The summed E-state index contributed by atoms with van der Waals surface area (Å²) in [6.45, 7) is 4.08. The molecule has 0 saturated carbocycles. The molecule has 0 aromatic heterocycles. The molecule has 0 radical (unpaired) electrons. The first-order chi connectivity index (χ1) is 18.3. The number of benzene rings is 2. The maximum absolute atomic E-state index is 13.7. The fourth-order valence-electron chi connectivity index (χ4n) is 6.27. The van der Waals surface area contributed by atoms with Crippen LogP contribution in [0.1, 0.15) is 60.5 Å². The highest BCUT2D eigenvalue weighted by atomic mass is 19.4. The van der Waals surface area contributed by atoms with Crippen LogP contribution in [-0.4, -0.2) is 54.0 Å². The Hall–Kier alpha value is -2.66. The van der Waals surface area contributed by atoms with Crippen LogP contribution in [0.4, 0.5) is 30.7 Å². The summed E-state index contributed by atoms with van der Waals surface area (Å²) in [4.78, 5) is 17.3. The number of carbonyl (C=O) groups is 1. The Morgan fingerprint density at radius 3 is 2.10 bits per heavy atom. The van der Waals surface area contributed by atoms with Crippen LogP contribution in [0.2, 0.25) is 0 Å². The summed E-state index contributed by atoms with van der Waals surface area (Å²) in [5, 5.41) is 0. The van der Waals surface area contributed by atoms with Gasteiger partial charge in [-0.3, -0.25) is 4.79 Å². The quantitative estimate of drug-likeness (QED) is 0.384. The fraction of sp³-hybridized carbons (Fsp3) is 0.536. The van der Waals surface area contributed by atoms with Crippen molar-refractivity contribution in [1.82, 2.24) is 9.80 Å². The summed E-state index contributed by atoms with van der Waals surface area (Å²) >= 11 is 0. The van der Waals surface area contributed by atoms with Crippen molar-refractivity contribution >= 4 is 5.91 Å². The van der Waals surface area contributed by atoms with Crippen LogP contribution in [0, 0.1) is 11.7 Å². The summed E-state index contributed by atoms with van der Waals surface area (Å²) in [6, 6.07) is 6.92. The maximum atomic E-state index is 13.7. The highest BCUT2D eigenvalue weighted by Crippen LogP contribution is 2.46. The van der Waals surface area contributed by atoms with Gasteiger partial charge in [0.05, 0.1) is 29.3 Å². The van der Waals surface area contributed by atoms with E-state index in [-0.39, 0.29) is 36.0 Å². The van der Waals surface area contributed by atoms with Gasteiger partial charge in [0.15, 0.2) is 0 Å². The molecule has 5 rings (SSSR count). The van der Waals surface area contributed by atoms with Crippen LogP contribution >= 0.6 is 0 Å². The van der Waals surface area contributed by atoms with E-state index in [2.05, 4.69) is 4.90 Å². The van der Waals surface area contributed by atoms with Crippen molar-refractivity contribution in [2.45, 2.75) is 62.7 Å². The third kappa shape index (κ3) is 5.79. The van der Waals surface area contributed by atoms with E-state index in [1.807, 2.05) is 0 Å². The van der Waals surface area contributed by atoms with Crippen LogP contribution in [0.15, 0.2) is 42.5 Å². The molecule has 3 fully saturated rings. The number of hydrogen-bond donors (Lipinski definition) is 0. The van der Waals surface area contributed by atoms with Gasteiger partial charge in [0.1, 0.15) is 5.82 Å². The van der Waals surface area contributed by atoms with E-state index < -0.39 is 47.4 Å². The Morgan fingerprint density at radius 2 is 1.54 bits per heavy atom. The van der Waals surface area contributed by atoms with Gasteiger partial charge in [-0.1, -0.05) is 12.1 Å². The first-order valence-corrected chi connectivity index (χ1v) is 13.0. The molecular formula is C28H29F7N2O2. The molecule has 1 amide bonds. The lowest BCUT2D eigenvalue weighted by Crippen LogP contribution is -2.35. The van der Waals surface area contributed by atoms with E-state index >= 15 is 0 Å². The van der Waals surface area contributed by atoms with Crippen molar-refractivity contribution in [3.63, 3.8) is 0 Å². The van der Waals surface area contributed by atoms with E-state index in [0.29, 0.717) is 30.7 Å². The Labute approximate surface area is 221 Å². The minimum absolute atomic E-state index is 0.0313. The van der Waals surface area contributed by atoms with Crippen molar-refractivity contribution in [2.24, 2.45) is 5.92 Å². The Balaban J connectivity index is 1.42. The van der Waals surface area contributed by atoms with Gasteiger partial charge in [-0.2, -0.15) is 26.3 Å². The Kier molecular flexibility index (Phi) is 7.43. The standard InChI is InChI=1S/C28H29F7N2O2/c1-16(18-10-20(27(30,31)32)13-21(11-18)28(33,34)35)39-24-15-37-23(25(24)17-4-6-22(29)7-5-17)12-19(26(37)38)14-36-8-2-3-9-36/h4-7,10-11,13,16,19,23-25H,2-3,8-9,12,14-15H2,1H3/t16-,19?,23+,24+,25?/m1/s1. The van der Waals surface area contributed by atoms with Crippen LogP contribution in [0.25, 0.3) is 0 Å². The average Bonchev–Trinajstić information content (AvgIpc) is 3.57. The number of likely N-dealkylation sites (tertiary alicyclic amines) is 1. The van der Waals surface area contributed by atoms with E-state index in [1.165, 1.54) is 19.1 Å². The van der Waals surface area contributed by atoms with Crippen LogP contribution in [-0.2, 0) is 21.9 Å². The minimum atomic E-state index is -4.97. The predicted molar refractivity (Wildman–Crippen MR) is 128 cm³/mol. The van der Waals surface area contributed by atoms with E-state index in [4.69, 9.17) is 4.74 Å². The lowest BCUT2D eigenvalue weighted by atomic mass is 9.86. The molecule has 2 aromatic carbocycles. The average molecular weight is 559 g/mol. The molecule has 0 spiro atoms. The van der Waals surface area contributed by atoms with Crippen molar-refractivity contribution in [2.75, 3.05) is 26.2 Å². The van der Waals surface area contributed by atoms with Gasteiger partial charge in [-0.25, -0.2) is 4.39 Å². The second kappa shape index (κ2) is 10.4. The summed E-state index contributed by atoms with van der Waals surface area (Å²) in [6.07, 6.45) is -9.05. The van der Waals surface area contributed by atoms with Gasteiger partial charge >= 0.3 is 12.4 Å². The van der Waals surface area contributed by atoms with Crippen LogP contribution in [0.5, 0.6) is 0 Å².